The lowest BCUT2D eigenvalue weighted by atomic mass is 10.00. The van der Waals surface area contributed by atoms with Crippen LogP contribution in [0, 0.1) is 17.1 Å². The Hall–Kier alpha value is -2.19. The largest absolute Gasteiger partial charge is 0.224 e. The van der Waals surface area contributed by atoms with Crippen LogP contribution in [-0.2, 0) is 9.84 Å². The Labute approximate surface area is 110 Å². The number of rotatable bonds is 2. The number of nitriles is 1. The topological polar surface area (TPSA) is 57.9 Å². The molecule has 0 unspecified atom stereocenters. The smallest absolute Gasteiger partial charge is 0.175 e. The molecule has 0 aliphatic carbocycles. The molecule has 5 heteroatoms. The summed E-state index contributed by atoms with van der Waals surface area (Å²) in [5, 5.41) is 8.98. The van der Waals surface area contributed by atoms with Crippen molar-refractivity contribution in [3.8, 4) is 17.2 Å². The Morgan fingerprint density at radius 2 is 1.74 bits per heavy atom. The van der Waals surface area contributed by atoms with E-state index in [0.717, 1.165) is 6.26 Å². The molecule has 0 bridgehead atoms. The normalized spacial score (nSPS) is 11.0. The fourth-order valence-corrected chi connectivity index (χ4v) is 2.41. The SMILES string of the molecule is CS(=O)(=O)c1ccc(-c2c(F)cccc2C#N)cc1. The molecule has 0 saturated heterocycles. The van der Waals surface area contributed by atoms with E-state index in [1.165, 1.54) is 42.5 Å². The van der Waals surface area contributed by atoms with Crippen molar-refractivity contribution in [1.82, 2.24) is 0 Å². The van der Waals surface area contributed by atoms with Gasteiger partial charge in [-0.1, -0.05) is 18.2 Å². The van der Waals surface area contributed by atoms with E-state index in [9.17, 15) is 12.8 Å². The lowest BCUT2D eigenvalue weighted by Crippen LogP contribution is -1.97. The molecule has 0 heterocycles. The minimum Gasteiger partial charge on any atom is -0.224 e. The van der Waals surface area contributed by atoms with Gasteiger partial charge in [0.05, 0.1) is 16.5 Å². The van der Waals surface area contributed by atoms with E-state index < -0.39 is 15.7 Å². The Balaban J connectivity index is 2.59. The Morgan fingerprint density at radius 1 is 1.11 bits per heavy atom. The highest BCUT2D eigenvalue weighted by Crippen LogP contribution is 2.27. The first kappa shape index (κ1) is 13.2. The molecule has 19 heavy (non-hydrogen) atoms. The molecular formula is C14H10FNO2S. The maximum atomic E-state index is 13.8. The second-order valence-electron chi connectivity index (χ2n) is 4.07. The lowest BCUT2D eigenvalue weighted by Gasteiger charge is -2.06. The Morgan fingerprint density at radius 3 is 2.26 bits per heavy atom. The van der Waals surface area contributed by atoms with E-state index in [2.05, 4.69) is 0 Å². The van der Waals surface area contributed by atoms with Crippen LogP contribution in [0.25, 0.3) is 11.1 Å². The van der Waals surface area contributed by atoms with Crippen LogP contribution in [0.5, 0.6) is 0 Å². The summed E-state index contributed by atoms with van der Waals surface area (Å²) in [6.45, 7) is 0. The van der Waals surface area contributed by atoms with Crippen LogP contribution < -0.4 is 0 Å². The number of hydrogen-bond acceptors (Lipinski definition) is 3. The summed E-state index contributed by atoms with van der Waals surface area (Å²) in [4.78, 5) is 0.158. The quantitative estimate of drug-likeness (QED) is 0.846. The fraction of sp³-hybridized carbons (Fsp3) is 0.0714. The van der Waals surface area contributed by atoms with Gasteiger partial charge >= 0.3 is 0 Å². The molecule has 0 aliphatic heterocycles. The second-order valence-corrected chi connectivity index (χ2v) is 6.09. The third-order valence-corrected chi connectivity index (χ3v) is 3.83. The van der Waals surface area contributed by atoms with Gasteiger partial charge in [0.25, 0.3) is 0 Å². The van der Waals surface area contributed by atoms with E-state index in [1.54, 1.807) is 0 Å². The molecule has 0 aliphatic rings. The van der Waals surface area contributed by atoms with Crippen LogP contribution in [0.1, 0.15) is 5.56 Å². The van der Waals surface area contributed by atoms with Gasteiger partial charge in [-0.25, -0.2) is 12.8 Å². The molecule has 0 spiro atoms. The number of nitrogens with zero attached hydrogens (tertiary/aromatic N) is 1. The van der Waals surface area contributed by atoms with Crippen LogP contribution >= 0.6 is 0 Å². The third kappa shape index (κ3) is 2.64. The van der Waals surface area contributed by atoms with Gasteiger partial charge in [0.15, 0.2) is 9.84 Å². The van der Waals surface area contributed by atoms with E-state index in [0.29, 0.717) is 5.56 Å². The molecule has 0 radical (unpaired) electrons. The molecule has 0 fully saturated rings. The molecule has 2 aromatic rings. The predicted molar refractivity (Wildman–Crippen MR) is 69.7 cm³/mol. The van der Waals surface area contributed by atoms with Crippen LogP contribution in [-0.4, -0.2) is 14.7 Å². The van der Waals surface area contributed by atoms with E-state index >= 15 is 0 Å². The highest BCUT2D eigenvalue weighted by Gasteiger charge is 2.12. The van der Waals surface area contributed by atoms with Crippen molar-refractivity contribution < 1.29 is 12.8 Å². The first-order valence-electron chi connectivity index (χ1n) is 5.42. The van der Waals surface area contributed by atoms with Crippen molar-refractivity contribution in [3.05, 3.63) is 53.8 Å². The summed E-state index contributed by atoms with van der Waals surface area (Å²) in [6.07, 6.45) is 1.10. The maximum Gasteiger partial charge on any atom is 0.175 e. The second kappa shape index (κ2) is 4.82. The maximum absolute atomic E-state index is 13.8. The zero-order valence-electron chi connectivity index (χ0n) is 10.1. The standard InChI is InChI=1S/C14H10FNO2S/c1-19(17,18)12-7-5-10(6-8-12)14-11(9-16)3-2-4-13(14)15/h2-8H,1H3. The lowest BCUT2D eigenvalue weighted by molar-refractivity contribution is 0.602. The van der Waals surface area contributed by atoms with Crippen molar-refractivity contribution >= 4 is 9.84 Å². The minimum atomic E-state index is -3.29. The number of benzene rings is 2. The number of halogens is 1. The van der Waals surface area contributed by atoms with Crippen LogP contribution in [0.4, 0.5) is 4.39 Å². The van der Waals surface area contributed by atoms with Gasteiger partial charge in [-0.05, 0) is 29.8 Å². The summed E-state index contributed by atoms with van der Waals surface area (Å²) < 4.78 is 36.5. The molecular weight excluding hydrogens is 265 g/mol. The van der Waals surface area contributed by atoms with Crippen molar-refractivity contribution in [1.29, 1.82) is 5.26 Å². The average molecular weight is 275 g/mol. The summed E-state index contributed by atoms with van der Waals surface area (Å²) in [6, 6.07) is 12.0. The monoisotopic (exact) mass is 275 g/mol. The number of sulfone groups is 1. The Bertz CT molecular complexity index is 759. The van der Waals surface area contributed by atoms with Crippen molar-refractivity contribution in [3.63, 3.8) is 0 Å². The van der Waals surface area contributed by atoms with Gasteiger partial charge in [0, 0.05) is 11.8 Å². The number of hydrogen-bond donors (Lipinski definition) is 0. The molecule has 0 amide bonds. The Kier molecular flexibility index (Phi) is 3.36. The van der Waals surface area contributed by atoms with Crippen molar-refractivity contribution in [2.45, 2.75) is 4.90 Å². The molecule has 0 atom stereocenters. The first-order valence-corrected chi connectivity index (χ1v) is 7.32. The summed E-state index contributed by atoms with van der Waals surface area (Å²) >= 11 is 0. The van der Waals surface area contributed by atoms with Gasteiger partial charge in [-0.15, -0.1) is 0 Å². The molecule has 2 aromatic carbocycles. The molecule has 0 saturated carbocycles. The molecule has 0 N–H and O–H groups in total. The molecule has 96 valence electrons. The molecule has 3 nitrogen and oxygen atoms in total. The highest BCUT2D eigenvalue weighted by molar-refractivity contribution is 7.90. The van der Waals surface area contributed by atoms with Gasteiger partial charge < -0.3 is 0 Å². The van der Waals surface area contributed by atoms with E-state index in [1.807, 2.05) is 6.07 Å². The van der Waals surface area contributed by atoms with Gasteiger partial charge in [-0.3, -0.25) is 0 Å². The van der Waals surface area contributed by atoms with Crippen molar-refractivity contribution in [2.24, 2.45) is 0 Å². The zero-order valence-corrected chi connectivity index (χ0v) is 10.9. The third-order valence-electron chi connectivity index (χ3n) is 2.71. The summed E-state index contributed by atoms with van der Waals surface area (Å²) in [5.41, 5.74) is 0.874. The van der Waals surface area contributed by atoms with Crippen LogP contribution in [0.15, 0.2) is 47.4 Å². The van der Waals surface area contributed by atoms with E-state index in [-0.39, 0.29) is 16.0 Å². The zero-order chi connectivity index (χ0) is 14.0. The highest BCUT2D eigenvalue weighted by atomic mass is 32.2. The fourth-order valence-electron chi connectivity index (χ4n) is 1.78. The summed E-state index contributed by atoms with van der Waals surface area (Å²) in [5.74, 6) is -0.508. The summed E-state index contributed by atoms with van der Waals surface area (Å²) in [7, 11) is -3.29. The molecule has 2 rings (SSSR count). The van der Waals surface area contributed by atoms with Crippen LogP contribution in [0.2, 0.25) is 0 Å². The minimum absolute atomic E-state index is 0.158. The first-order chi connectivity index (χ1) is 8.93. The average Bonchev–Trinajstić information content (AvgIpc) is 2.37. The van der Waals surface area contributed by atoms with Gasteiger partial charge in [0.1, 0.15) is 5.82 Å². The van der Waals surface area contributed by atoms with Gasteiger partial charge in [0.2, 0.25) is 0 Å². The predicted octanol–water partition coefficient (Wildman–Crippen LogP) is 2.77. The molecule has 0 aromatic heterocycles. The van der Waals surface area contributed by atoms with Crippen molar-refractivity contribution in [2.75, 3.05) is 6.26 Å². The van der Waals surface area contributed by atoms with Crippen LogP contribution in [0.3, 0.4) is 0 Å². The van der Waals surface area contributed by atoms with E-state index in [4.69, 9.17) is 5.26 Å². The van der Waals surface area contributed by atoms with Gasteiger partial charge in [-0.2, -0.15) is 5.26 Å².